The summed E-state index contributed by atoms with van der Waals surface area (Å²) in [6, 6.07) is 0. The van der Waals surface area contributed by atoms with E-state index in [1.165, 1.54) is 24.8 Å². The third-order valence-electron chi connectivity index (χ3n) is 2.95. The minimum absolute atomic E-state index is 0.342. The van der Waals surface area contributed by atoms with Crippen molar-refractivity contribution in [3.05, 3.63) is 11.6 Å². The lowest BCUT2D eigenvalue weighted by Crippen LogP contribution is -2.05. The Bertz CT molecular complexity index is 215. The number of carbonyl (C=O) groups excluding carboxylic acids is 1. The molecule has 0 saturated heterocycles. The molecule has 0 heterocycles. The summed E-state index contributed by atoms with van der Waals surface area (Å²) >= 11 is 0. The maximum atomic E-state index is 11.2. The van der Waals surface area contributed by atoms with E-state index in [2.05, 4.69) is 13.8 Å². The number of unbranched alkanes of at least 4 members (excludes halogenated alkanes) is 1. The van der Waals surface area contributed by atoms with Gasteiger partial charge in [0.2, 0.25) is 0 Å². The summed E-state index contributed by atoms with van der Waals surface area (Å²) in [5.74, 6) is 1.10. The predicted molar refractivity (Wildman–Crippen MR) is 60.2 cm³/mol. The van der Waals surface area contributed by atoms with Gasteiger partial charge in [-0.2, -0.15) is 0 Å². The highest BCUT2D eigenvalue weighted by Gasteiger charge is 2.12. The zero-order chi connectivity index (χ0) is 10.4. The molecule has 0 aromatic heterocycles. The van der Waals surface area contributed by atoms with Gasteiger partial charge in [-0.05, 0) is 31.3 Å². The van der Waals surface area contributed by atoms with Crippen LogP contribution < -0.4 is 0 Å². The topological polar surface area (TPSA) is 17.1 Å². The van der Waals surface area contributed by atoms with Crippen LogP contribution in [-0.4, -0.2) is 5.78 Å². The average molecular weight is 194 g/mol. The van der Waals surface area contributed by atoms with Gasteiger partial charge in [0, 0.05) is 6.42 Å². The molecule has 0 aromatic carbocycles. The van der Waals surface area contributed by atoms with Gasteiger partial charge in [0.1, 0.15) is 0 Å². The molecule has 1 aliphatic carbocycles. The Labute approximate surface area is 87.6 Å². The van der Waals surface area contributed by atoms with Gasteiger partial charge in [-0.15, -0.1) is 0 Å². The molecule has 80 valence electrons. The third-order valence-corrected chi connectivity index (χ3v) is 2.95. The van der Waals surface area contributed by atoms with Crippen LogP contribution in [0.2, 0.25) is 0 Å². The lowest BCUT2D eigenvalue weighted by Gasteiger charge is -2.16. The molecular formula is C13H22O. The first-order chi connectivity index (χ1) is 6.72. The summed E-state index contributed by atoms with van der Waals surface area (Å²) < 4.78 is 0. The van der Waals surface area contributed by atoms with E-state index < -0.39 is 0 Å². The average Bonchev–Trinajstić information content (AvgIpc) is 2.15. The highest BCUT2D eigenvalue weighted by molar-refractivity contribution is 5.91. The van der Waals surface area contributed by atoms with Crippen molar-refractivity contribution in [3.8, 4) is 0 Å². The van der Waals surface area contributed by atoms with Crippen LogP contribution in [0.25, 0.3) is 0 Å². The van der Waals surface area contributed by atoms with Crippen molar-refractivity contribution >= 4 is 5.78 Å². The van der Waals surface area contributed by atoms with Crippen LogP contribution in [0.3, 0.4) is 0 Å². The van der Waals surface area contributed by atoms with Gasteiger partial charge in [0.05, 0.1) is 0 Å². The van der Waals surface area contributed by atoms with Crippen molar-refractivity contribution in [2.75, 3.05) is 0 Å². The minimum Gasteiger partial charge on any atom is -0.295 e. The van der Waals surface area contributed by atoms with Crippen molar-refractivity contribution in [2.24, 2.45) is 5.92 Å². The Morgan fingerprint density at radius 2 is 2.21 bits per heavy atom. The van der Waals surface area contributed by atoms with E-state index in [0.29, 0.717) is 5.78 Å². The fourth-order valence-electron chi connectivity index (χ4n) is 2.12. The summed E-state index contributed by atoms with van der Waals surface area (Å²) in [4.78, 5) is 11.2. The number of carbonyl (C=O) groups is 1. The minimum atomic E-state index is 0.342. The van der Waals surface area contributed by atoms with Crippen LogP contribution in [0, 0.1) is 5.92 Å². The fourth-order valence-corrected chi connectivity index (χ4v) is 2.12. The highest BCUT2D eigenvalue weighted by atomic mass is 16.1. The summed E-state index contributed by atoms with van der Waals surface area (Å²) in [6.45, 7) is 4.53. The number of ketones is 1. The molecule has 1 unspecified atom stereocenters. The molecule has 0 aromatic rings. The Morgan fingerprint density at radius 3 is 2.86 bits per heavy atom. The lowest BCUT2D eigenvalue weighted by atomic mass is 9.89. The molecule has 1 nitrogen and oxygen atoms in total. The van der Waals surface area contributed by atoms with Gasteiger partial charge < -0.3 is 0 Å². The molecular weight excluding hydrogens is 172 g/mol. The van der Waals surface area contributed by atoms with Crippen LogP contribution >= 0.6 is 0 Å². The zero-order valence-electron chi connectivity index (χ0n) is 9.51. The molecule has 0 fully saturated rings. The van der Waals surface area contributed by atoms with E-state index in [-0.39, 0.29) is 0 Å². The van der Waals surface area contributed by atoms with Crippen molar-refractivity contribution in [2.45, 2.75) is 58.8 Å². The Morgan fingerprint density at radius 1 is 1.43 bits per heavy atom. The summed E-state index contributed by atoms with van der Waals surface area (Å²) in [5.41, 5.74) is 1.39. The Kier molecular flexibility index (Phi) is 4.92. The van der Waals surface area contributed by atoms with Crippen LogP contribution in [-0.2, 0) is 4.79 Å². The number of hydrogen-bond donors (Lipinski definition) is 0. The van der Waals surface area contributed by atoms with E-state index in [1.54, 1.807) is 0 Å². The third kappa shape index (κ3) is 4.08. The quantitative estimate of drug-likeness (QED) is 0.649. The van der Waals surface area contributed by atoms with Crippen molar-refractivity contribution in [1.82, 2.24) is 0 Å². The lowest BCUT2D eigenvalue weighted by molar-refractivity contribution is -0.115. The van der Waals surface area contributed by atoms with E-state index in [9.17, 15) is 4.79 Å². The number of allylic oxidation sites excluding steroid dienone is 2. The first kappa shape index (κ1) is 11.5. The zero-order valence-corrected chi connectivity index (χ0v) is 9.51. The van der Waals surface area contributed by atoms with Gasteiger partial charge in [-0.25, -0.2) is 0 Å². The molecule has 1 atom stereocenters. The van der Waals surface area contributed by atoms with E-state index in [4.69, 9.17) is 0 Å². The second-order valence-electron chi connectivity index (χ2n) is 4.57. The molecule has 0 saturated carbocycles. The normalized spacial score (nSPS) is 19.3. The predicted octanol–water partition coefficient (Wildman–Crippen LogP) is 3.88. The molecule has 1 heteroatoms. The fraction of sp³-hybridized carbons (Fsp3) is 0.769. The van der Waals surface area contributed by atoms with Gasteiger partial charge >= 0.3 is 0 Å². The molecule has 1 rings (SSSR count). The first-order valence-electron chi connectivity index (χ1n) is 5.94. The maximum Gasteiger partial charge on any atom is 0.155 e. The number of rotatable bonds is 5. The Hall–Kier alpha value is -0.590. The molecule has 1 aliphatic rings. The van der Waals surface area contributed by atoms with Crippen LogP contribution in [0.15, 0.2) is 11.6 Å². The SMILES string of the molecule is CCCCC(C)CC1=CC(=O)CCC1. The monoisotopic (exact) mass is 194 g/mol. The van der Waals surface area contributed by atoms with Gasteiger partial charge in [0.15, 0.2) is 5.78 Å². The smallest absolute Gasteiger partial charge is 0.155 e. The molecule has 14 heavy (non-hydrogen) atoms. The molecule has 0 bridgehead atoms. The molecule has 0 N–H and O–H groups in total. The van der Waals surface area contributed by atoms with Crippen molar-refractivity contribution in [1.29, 1.82) is 0 Å². The van der Waals surface area contributed by atoms with Crippen molar-refractivity contribution < 1.29 is 4.79 Å². The van der Waals surface area contributed by atoms with Gasteiger partial charge in [-0.1, -0.05) is 38.7 Å². The molecule has 0 radical (unpaired) electrons. The Balaban J connectivity index is 2.31. The first-order valence-corrected chi connectivity index (χ1v) is 5.94. The van der Waals surface area contributed by atoms with Crippen LogP contribution in [0.1, 0.15) is 58.8 Å². The van der Waals surface area contributed by atoms with Crippen molar-refractivity contribution in [3.63, 3.8) is 0 Å². The van der Waals surface area contributed by atoms with Crippen LogP contribution in [0.5, 0.6) is 0 Å². The number of hydrogen-bond acceptors (Lipinski definition) is 1. The van der Waals surface area contributed by atoms with Crippen LogP contribution in [0.4, 0.5) is 0 Å². The summed E-state index contributed by atoms with van der Waals surface area (Å²) in [6.07, 6.45) is 9.95. The molecule has 0 spiro atoms. The summed E-state index contributed by atoms with van der Waals surface area (Å²) in [5, 5.41) is 0. The second-order valence-corrected chi connectivity index (χ2v) is 4.57. The summed E-state index contributed by atoms with van der Waals surface area (Å²) in [7, 11) is 0. The standard InChI is InChI=1S/C13H22O/c1-3-4-6-11(2)9-12-7-5-8-13(14)10-12/h10-11H,3-9H2,1-2H3. The van der Waals surface area contributed by atoms with E-state index >= 15 is 0 Å². The van der Waals surface area contributed by atoms with E-state index in [0.717, 1.165) is 31.6 Å². The second kappa shape index (κ2) is 6.00. The molecule has 0 amide bonds. The van der Waals surface area contributed by atoms with Gasteiger partial charge in [0.25, 0.3) is 0 Å². The largest absolute Gasteiger partial charge is 0.295 e. The molecule has 0 aliphatic heterocycles. The maximum absolute atomic E-state index is 11.2. The van der Waals surface area contributed by atoms with Gasteiger partial charge in [-0.3, -0.25) is 4.79 Å². The van der Waals surface area contributed by atoms with E-state index in [1.807, 2.05) is 6.08 Å². The highest BCUT2D eigenvalue weighted by Crippen LogP contribution is 2.24.